The molecule has 1 atom stereocenters. The number of carbonyl (C=O) groups is 1. The summed E-state index contributed by atoms with van der Waals surface area (Å²) in [5, 5.41) is 9.85. The molecule has 0 radical (unpaired) electrons. The van der Waals surface area contributed by atoms with Crippen LogP contribution in [0.4, 0.5) is 18.0 Å². The van der Waals surface area contributed by atoms with Crippen LogP contribution >= 0.6 is 0 Å². The van der Waals surface area contributed by atoms with Crippen LogP contribution in [-0.4, -0.2) is 69.8 Å². The van der Waals surface area contributed by atoms with Gasteiger partial charge in [-0.25, -0.2) is 23.0 Å². The van der Waals surface area contributed by atoms with Crippen molar-refractivity contribution in [1.82, 2.24) is 24.7 Å². The fourth-order valence-electron chi connectivity index (χ4n) is 4.75. The van der Waals surface area contributed by atoms with E-state index in [0.29, 0.717) is 30.8 Å². The van der Waals surface area contributed by atoms with Gasteiger partial charge in [0.05, 0.1) is 49.9 Å². The van der Waals surface area contributed by atoms with Crippen LogP contribution in [0, 0.1) is 31.3 Å². The van der Waals surface area contributed by atoms with Crippen LogP contribution in [0.1, 0.15) is 29.4 Å². The number of nitrogens with zero attached hydrogens (tertiary/aromatic N) is 6. The van der Waals surface area contributed by atoms with E-state index in [2.05, 4.69) is 15.2 Å². The Hall–Kier alpha value is -3.93. The first-order valence-electron chi connectivity index (χ1n) is 12.2. The number of benzene rings is 1. The molecule has 200 valence electrons. The number of pyridine rings is 1. The van der Waals surface area contributed by atoms with Gasteiger partial charge in [-0.05, 0) is 31.5 Å². The Balaban J connectivity index is 1.25. The summed E-state index contributed by atoms with van der Waals surface area (Å²) < 4.78 is 54.8. The number of carbonyl (C=O) groups excluding carboxylic acids is 1. The zero-order chi connectivity index (χ0) is 27.0. The Morgan fingerprint density at radius 3 is 2.55 bits per heavy atom. The fourth-order valence-corrected chi connectivity index (χ4v) is 4.75. The van der Waals surface area contributed by atoms with E-state index in [1.165, 1.54) is 34.3 Å². The summed E-state index contributed by atoms with van der Waals surface area (Å²) in [4.78, 5) is 18.8. The topological polar surface area (TPSA) is 85.1 Å². The third-order valence-electron chi connectivity index (χ3n) is 6.67. The smallest absolute Gasteiger partial charge is 0.341 e. The van der Waals surface area contributed by atoms with Crippen LogP contribution in [0.25, 0.3) is 11.3 Å². The first-order chi connectivity index (χ1) is 18.2. The van der Waals surface area contributed by atoms with Gasteiger partial charge in [0.1, 0.15) is 17.7 Å². The van der Waals surface area contributed by atoms with Crippen LogP contribution in [0.5, 0.6) is 5.75 Å². The van der Waals surface area contributed by atoms with E-state index >= 15 is 0 Å². The second-order valence-electron chi connectivity index (χ2n) is 9.29. The molecule has 12 heteroatoms. The number of ether oxygens (including phenoxy) is 2. The van der Waals surface area contributed by atoms with Gasteiger partial charge < -0.3 is 14.4 Å². The maximum absolute atomic E-state index is 14.6. The number of hydrazone groups is 1. The summed E-state index contributed by atoms with van der Waals surface area (Å²) in [5.41, 5.74) is 3.28. The lowest BCUT2D eigenvalue weighted by Crippen LogP contribution is -2.58. The molecular formula is C26H27F3N6O3. The SMILES string of the molecule is COCCn1nc(C)c(-c2cc(OC3CN(C(=O)N4N=CCC4c4cc(F)cc(F)c4)C3)c(F)cn2)c1C. The van der Waals surface area contributed by atoms with Gasteiger partial charge in [-0.2, -0.15) is 10.2 Å². The zero-order valence-electron chi connectivity index (χ0n) is 21.2. The maximum atomic E-state index is 14.6. The number of urea groups is 1. The normalized spacial score (nSPS) is 17.3. The molecule has 1 unspecified atom stereocenters. The highest BCUT2D eigenvalue weighted by Crippen LogP contribution is 2.33. The minimum absolute atomic E-state index is 0.0304. The van der Waals surface area contributed by atoms with Crippen molar-refractivity contribution in [1.29, 1.82) is 0 Å². The molecule has 0 spiro atoms. The molecule has 4 heterocycles. The van der Waals surface area contributed by atoms with Crippen molar-refractivity contribution < 1.29 is 27.4 Å². The van der Waals surface area contributed by atoms with Crippen LogP contribution < -0.4 is 4.74 Å². The zero-order valence-corrected chi connectivity index (χ0v) is 21.2. The molecule has 0 bridgehead atoms. The van der Waals surface area contributed by atoms with Gasteiger partial charge in [-0.3, -0.25) is 9.67 Å². The monoisotopic (exact) mass is 528 g/mol. The van der Waals surface area contributed by atoms with E-state index in [4.69, 9.17) is 9.47 Å². The summed E-state index contributed by atoms with van der Waals surface area (Å²) in [5.74, 6) is -2.02. The number of hydrogen-bond acceptors (Lipinski definition) is 6. The summed E-state index contributed by atoms with van der Waals surface area (Å²) in [6, 6.07) is 3.68. The lowest BCUT2D eigenvalue weighted by molar-refractivity contribution is 0.0256. The van der Waals surface area contributed by atoms with E-state index < -0.39 is 35.6 Å². The summed E-state index contributed by atoms with van der Waals surface area (Å²) in [6.45, 7) is 5.28. The second-order valence-corrected chi connectivity index (χ2v) is 9.29. The first-order valence-corrected chi connectivity index (χ1v) is 12.2. The van der Waals surface area contributed by atoms with Crippen LogP contribution in [0.3, 0.4) is 0 Å². The Morgan fingerprint density at radius 2 is 1.84 bits per heavy atom. The largest absolute Gasteiger partial charge is 0.483 e. The molecule has 5 rings (SSSR count). The van der Waals surface area contributed by atoms with Gasteiger partial charge in [-0.15, -0.1) is 0 Å². The average Bonchev–Trinajstić information content (AvgIpc) is 3.44. The van der Waals surface area contributed by atoms with Crippen molar-refractivity contribution in [2.75, 3.05) is 26.8 Å². The molecule has 1 fully saturated rings. The maximum Gasteiger partial charge on any atom is 0.341 e. The van der Waals surface area contributed by atoms with Crippen molar-refractivity contribution >= 4 is 12.2 Å². The van der Waals surface area contributed by atoms with Crippen LogP contribution in [-0.2, 0) is 11.3 Å². The standard InChI is InChI=1S/C26H27F3N6O3/c1-15-25(16(2)34(32-15)6-7-37-3)22-11-24(21(29)12-30-22)38-20-13-33(14-20)26(36)35-23(4-5-31-35)17-8-18(27)10-19(28)9-17/h5,8-12,20,23H,4,6-7,13-14H2,1-3H3. The highest BCUT2D eigenvalue weighted by Gasteiger charge is 2.39. The lowest BCUT2D eigenvalue weighted by Gasteiger charge is -2.41. The highest BCUT2D eigenvalue weighted by molar-refractivity contribution is 5.79. The van der Waals surface area contributed by atoms with E-state index in [0.717, 1.165) is 29.2 Å². The van der Waals surface area contributed by atoms with Crippen molar-refractivity contribution in [2.45, 2.75) is 39.0 Å². The predicted octanol–water partition coefficient (Wildman–Crippen LogP) is 4.24. The van der Waals surface area contributed by atoms with Crippen LogP contribution in [0.15, 0.2) is 35.6 Å². The number of methoxy groups -OCH3 is 1. The average molecular weight is 529 g/mol. The molecule has 9 nitrogen and oxygen atoms in total. The van der Waals surface area contributed by atoms with Gasteiger partial charge >= 0.3 is 6.03 Å². The van der Waals surface area contributed by atoms with Gasteiger partial charge in [0.15, 0.2) is 11.6 Å². The Kier molecular flexibility index (Phi) is 7.06. The summed E-state index contributed by atoms with van der Waals surface area (Å²) in [7, 11) is 1.62. The number of halogens is 3. The number of hydrogen-bond donors (Lipinski definition) is 0. The minimum Gasteiger partial charge on any atom is -0.483 e. The third-order valence-corrected chi connectivity index (χ3v) is 6.67. The number of rotatable bonds is 7. The molecular weight excluding hydrogens is 501 g/mol. The van der Waals surface area contributed by atoms with Crippen LogP contribution in [0.2, 0.25) is 0 Å². The molecule has 0 N–H and O–H groups in total. The predicted molar refractivity (Wildman–Crippen MR) is 132 cm³/mol. The molecule has 1 aromatic carbocycles. The van der Waals surface area contributed by atoms with Gasteiger partial charge in [0.2, 0.25) is 0 Å². The van der Waals surface area contributed by atoms with Crippen molar-refractivity contribution in [3.63, 3.8) is 0 Å². The molecule has 2 aliphatic rings. The first kappa shape index (κ1) is 25.7. The van der Waals surface area contributed by atoms with Gasteiger partial charge in [0, 0.05) is 43.1 Å². The summed E-state index contributed by atoms with van der Waals surface area (Å²) in [6.07, 6.45) is 2.55. The Bertz CT molecular complexity index is 1370. The molecule has 1 saturated heterocycles. The van der Waals surface area contributed by atoms with Crippen molar-refractivity contribution in [2.24, 2.45) is 5.10 Å². The fraction of sp³-hybridized carbons (Fsp3) is 0.385. The number of amides is 2. The minimum atomic E-state index is -0.719. The molecule has 2 aromatic heterocycles. The lowest BCUT2D eigenvalue weighted by atomic mass is 10.0. The number of aromatic nitrogens is 3. The van der Waals surface area contributed by atoms with Gasteiger partial charge in [0.25, 0.3) is 0 Å². The molecule has 2 aliphatic heterocycles. The molecule has 38 heavy (non-hydrogen) atoms. The molecule has 0 saturated carbocycles. The molecule has 3 aromatic rings. The Morgan fingerprint density at radius 1 is 1.11 bits per heavy atom. The highest BCUT2D eigenvalue weighted by atomic mass is 19.1. The second kappa shape index (κ2) is 10.4. The van der Waals surface area contributed by atoms with E-state index in [1.54, 1.807) is 7.11 Å². The van der Waals surface area contributed by atoms with E-state index in [1.807, 2.05) is 18.5 Å². The molecule has 2 amide bonds. The number of likely N-dealkylation sites (tertiary alicyclic amines) is 1. The summed E-state index contributed by atoms with van der Waals surface area (Å²) >= 11 is 0. The third kappa shape index (κ3) is 4.95. The van der Waals surface area contributed by atoms with Crippen molar-refractivity contribution in [3.05, 3.63) is 64.9 Å². The quantitative estimate of drug-likeness (QED) is 0.458. The number of aryl methyl sites for hydroxylation is 1. The van der Waals surface area contributed by atoms with Gasteiger partial charge in [-0.1, -0.05) is 0 Å². The molecule has 0 aliphatic carbocycles. The van der Waals surface area contributed by atoms with Crippen molar-refractivity contribution in [3.8, 4) is 17.0 Å². The van der Waals surface area contributed by atoms with E-state index in [9.17, 15) is 18.0 Å². The Labute approximate surface area is 217 Å². The van der Waals surface area contributed by atoms with E-state index in [-0.39, 0.29) is 18.8 Å².